The molecule has 0 atom stereocenters. The number of aromatic nitrogens is 3. The molecule has 5 nitrogen and oxygen atoms in total. The molecule has 0 aliphatic heterocycles. The Hall–Kier alpha value is -2.31. The zero-order valence-electron chi connectivity index (χ0n) is 12.7. The maximum absolute atomic E-state index is 6.27. The van der Waals surface area contributed by atoms with E-state index in [4.69, 9.17) is 20.4 Å². The highest BCUT2D eigenvalue weighted by atomic mass is 35.5. The van der Waals surface area contributed by atoms with E-state index in [0.717, 1.165) is 27.8 Å². The first-order valence-electron chi connectivity index (χ1n) is 7.25. The first kappa shape index (κ1) is 15.2. The number of thioether (sulfide) groups is 1. The summed E-state index contributed by atoms with van der Waals surface area (Å²) in [6, 6.07) is 11.7. The Bertz CT molecular complexity index is 1010. The van der Waals surface area contributed by atoms with E-state index in [0.29, 0.717) is 22.0 Å². The van der Waals surface area contributed by atoms with Crippen LogP contribution >= 0.6 is 23.4 Å². The highest BCUT2D eigenvalue weighted by Crippen LogP contribution is 2.30. The lowest BCUT2D eigenvalue weighted by Gasteiger charge is -2.04. The van der Waals surface area contributed by atoms with Crippen molar-refractivity contribution in [3.8, 4) is 11.5 Å². The molecule has 0 radical (unpaired) electrons. The molecule has 4 aromatic rings. The Morgan fingerprint density at radius 3 is 2.88 bits per heavy atom. The van der Waals surface area contributed by atoms with Crippen molar-refractivity contribution in [2.75, 3.05) is 0 Å². The van der Waals surface area contributed by atoms with Crippen LogP contribution < -0.4 is 0 Å². The first-order chi connectivity index (χ1) is 11.7. The molecule has 0 saturated heterocycles. The van der Waals surface area contributed by atoms with Crippen LogP contribution in [0.1, 0.15) is 11.3 Å². The minimum Gasteiger partial charge on any atom is -0.469 e. The monoisotopic (exact) mass is 357 g/mol. The third kappa shape index (κ3) is 2.90. The predicted molar refractivity (Wildman–Crippen MR) is 93.1 cm³/mol. The van der Waals surface area contributed by atoms with Gasteiger partial charge in [-0.1, -0.05) is 41.6 Å². The number of aryl methyl sites for hydroxylation is 1. The van der Waals surface area contributed by atoms with Gasteiger partial charge in [0.1, 0.15) is 10.9 Å². The molecule has 0 aliphatic rings. The van der Waals surface area contributed by atoms with E-state index in [1.807, 2.05) is 37.3 Å². The SMILES string of the molecule is Cc1occc1-c1nnc(SCc2cc3ccccc3nc2Cl)o1. The number of fused-ring (bicyclic) bond motifs is 1. The smallest absolute Gasteiger partial charge is 0.277 e. The van der Waals surface area contributed by atoms with Crippen molar-refractivity contribution < 1.29 is 8.83 Å². The van der Waals surface area contributed by atoms with E-state index in [2.05, 4.69) is 15.2 Å². The van der Waals surface area contributed by atoms with Gasteiger partial charge in [-0.2, -0.15) is 0 Å². The fourth-order valence-corrected chi connectivity index (χ4v) is 3.39. The maximum atomic E-state index is 6.27. The van der Waals surface area contributed by atoms with Gasteiger partial charge in [0.2, 0.25) is 0 Å². The van der Waals surface area contributed by atoms with E-state index in [9.17, 15) is 0 Å². The van der Waals surface area contributed by atoms with Crippen molar-refractivity contribution in [1.82, 2.24) is 15.2 Å². The molecule has 0 bridgehead atoms. The van der Waals surface area contributed by atoms with Crippen LogP contribution in [0.2, 0.25) is 5.15 Å². The highest BCUT2D eigenvalue weighted by molar-refractivity contribution is 7.98. The van der Waals surface area contributed by atoms with E-state index >= 15 is 0 Å². The number of para-hydroxylation sites is 1. The summed E-state index contributed by atoms with van der Waals surface area (Å²) in [7, 11) is 0. The number of pyridine rings is 1. The van der Waals surface area contributed by atoms with Crippen LogP contribution in [0.25, 0.3) is 22.4 Å². The molecule has 0 spiro atoms. The molecule has 0 unspecified atom stereocenters. The summed E-state index contributed by atoms with van der Waals surface area (Å²) in [5, 5.41) is 10.1. The Morgan fingerprint density at radius 2 is 2.04 bits per heavy atom. The molecule has 0 amide bonds. The quantitative estimate of drug-likeness (QED) is 0.372. The Labute approximate surface area is 147 Å². The van der Waals surface area contributed by atoms with Crippen LogP contribution in [-0.4, -0.2) is 15.2 Å². The molecule has 0 N–H and O–H groups in total. The van der Waals surface area contributed by atoms with Crippen molar-refractivity contribution in [3.63, 3.8) is 0 Å². The Kier molecular flexibility index (Phi) is 4.00. The highest BCUT2D eigenvalue weighted by Gasteiger charge is 2.14. The Balaban J connectivity index is 1.54. The summed E-state index contributed by atoms with van der Waals surface area (Å²) in [4.78, 5) is 4.42. The van der Waals surface area contributed by atoms with Crippen LogP contribution in [0.15, 0.2) is 56.7 Å². The van der Waals surface area contributed by atoms with Gasteiger partial charge >= 0.3 is 0 Å². The largest absolute Gasteiger partial charge is 0.469 e. The second kappa shape index (κ2) is 6.30. The van der Waals surface area contributed by atoms with Crippen molar-refractivity contribution in [2.45, 2.75) is 17.9 Å². The lowest BCUT2D eigenvalue weighted by molar-refractivity contribution is 0.463. The number of nitrogens with zero attached hydrogens (tertiary/aromatic N) is 3. The molecule has 120 valence electrons. The molecule has 24 heavy (non-hydrogen) atoms. The van der Waals surface area contributed by atoms with Gasteiger partial charge in [-0.05, 0) is 25.1 Å². The zero-order valence-corrected chi connectivity index (χ0v) is 14.3. The average molecular weight is 358 g/mol. The fourth-order valence-electron chi connectivity index (χ4n) is 2.36. The van der Waals surface area contributed by atoms with Gasteiger partial charge < -0.3 is 8.83 Å². The second-order valence-corrected chi connectivity index (χ2v) is 6.47. The topological polar surface area (TPSA) is 65.0 Å². The van der Waals surface area contributed by atoms with Crippen LogP contribution in [-0.2, 0) is 5.75 Å². The predicted octanol–water partition coefficient (Wildman–Crippen LogP) is 5.13. The molecular formula is C17H12ClN3O2S. The molecule has 4 rings (SSSR count). The van der Waals surface area contributed by atoms with Crippen molar-refractivity contribution >= 4 is 34.3 Å². The number of halogens is 1. The summed E-state index contributed by atoms with van der Waals surface area (Å²) < 4.78 is 10.9. The third-order valence-electron chi connectivity index (χ3n) is 3.60. The molecular weight excluding hydrogens is 346 g/mol. The maximum Gasteiger partial charge on any atom is 0.277 e. The molecule has 0 saturated carbocycles. The fraction of sp³-hybridized carbons (Fsp3) is 0.118. The molecule has 3 aromatic heterocycles. The van der Waals surface area contributed by atoms with Crippen LogP contribution in [0, 0.1) is 6.92 Å². The van der Waals surface area contributed by atoms with Gasteiger partial charge in [-0.3, -0.25) is 0 Å². The van der Waals surface area contributed by atoms with E-state index in [1.54, 1.807) is 12.3 Å². The lowest BCUT2D eigenvalue weighted by Crippen LogP contribution is -1.88. The van der Waals surface area contributed by atoms with Crippen molar-refractivity contribution in [3.05, 3.63) is 59.1 Å². The van der Waals surface area contributed by atoms with Gasteiger partial charge in [0.15, 0.2) is 0 Å². The van der Waals surface area contributed by atoms with Gasteiger partial charge in [0.05, 0.1) is 17.3 Å². The van der Waals surface area contributed by atoms with Gasteiger partial charge in [-0.25, -0.2) is 4.98 Å². The second-order valence-electron chi connectivity index (χ2n) is 5.18. The standard InChI is InChI=1S/C17H12ClN3O2S/c1-10-13(6-7-22-10)16-20-21-17(23-16)24-9-12-8-11-4-2-3-5-14(11)19-15(12)18/h2-8H,9H2,1H3. The van der Waals surface area contributed by atoms with E-state index < -0.39 is 0 Å². The van der Waals surface area contributed by atoms with Gasteiger partial charge in [0.25, 0.3) is 11.1 Å². The molecule has 0 fully saturated rings. The third-order valence-corrected chi connectivity index (χ3v) is 4.79. The molecule has 0 aliphatic carbocycles. The van der Waals surface area contributed by atoms with E-state index in [1.165, 1.54) is 11.8 Å². The number of hydrogen-bond acceptors (Lipinski definition) is 6. The minimum atomic E-state index is 0.450. The number of benzene rings is 1. The number of rotatable bonds is 4. The molecule has 7 heteroatoms. The zero-order chi connectivity index (χ0) is 16.5. The summed E-state index contributed by atoms with van der Waals surface area (Å²) in [5.41, 5.74) is 2.62. The number of furan rings is 1. The van der Waals surface area contributed by atoms with Gasteiger partial charge in [0, 0.05) is 16.7 Å². The van der Waals surface area contributed by atoms with Crippen molar-refractivity contribution in [1.29, 1.82) is 0 Å². The average Bonchev–Trinajstić information content (AvgIpc) is 3.21. The summed E-state index contributed by atoms with van der Waals surface area (Å²) in [6.45, 7) is 1.85. The summed E-state index contributed by atoms with van der Waals surface area (Å²) >= 11 is 7.70. The molecule has 3 heterocycles. The lowest BCUT2D eigenvalue weighted by atomic mass is 10.2. The first-order valence-corrected chi connectivity index (χ1v) is 8.62. The van der Waals surface area contributed by atoms with Crippen molar-refractivity contribution in [2.24, 2.45) is 0 Å². The van der Waals surface area contributed by atoms with E-state index in [-0.39, 0.29) is 0 Å². The minimum absolute atomic E-state index is 0.450. The Morgan fingerprint density at radius 1 is 1.17 bits per heavy atom. The van der Waals surface area contributed by atoms with Crippen LogP contribution in [0.4, 0.5) is 0 Å². The van der Waals surface area contributed by atoms with Crippen LogP contribution in [0.3, 0.4) is 0 Å². The van der Waals surface area contributed by atoms with Crippen LogP contribution in [0.5, 0.6) is 0 Å². The summed E-state index contributed by atoms with van der Waals surface area (Å²) in [6.07, 6.45) is 1.60. The molecule has 1 aromatic carbocycles. The van der Waals surface area contributed by atoms with Gasteiger partial charge in [-0.15, -0.1) is 10.2 Å². The summed E-state index contributed by atoms with van der Waals surface area (Å²) in [5.74, 6) is 1.80. The number of hydrogen-bond donors (Lipinski definition) is 0. The normalized spacial score (nSPS) is 11.2.